The van der Waals surface area contributed by atoms with E-state index in [4.69, 9.17) is 9.47 Å². The van der Waals surface area contributed by atoms with Crippen LogP contribution in [-0.4, -0.2) is 32.6 Å². The van der Waals surface area contributed by atoms with Gasteiger partial charge in [-0.15, -0.1) is 0 Å². The first-order chi connectivity index (χ1) is 7.79. The van der Waals surface area contributed by atoms with Crippen molar-refractivity contribution in [2.75, 3.05) is 26.5 Å². The van der Waals surface area contributed by atoms with E-state index in [0.29, 0.717) is 18.3 Å². The van der Waals surface area contributed by atoms with Crippen molar-refractivity contribution in [3.63, 3.8) is 0 Å². The fourth-order valence-electron chi connectivity index (χ4n) is 2.78. The van der Waals surface area contributed by atoms with Gasteiger partial charge in [0.2, 0.25) is 0 Å². The molecule has 2 aliphatic rings. The third kappa shape index (κ3) is 3.72. The third-order valence-electron chi connectivity index (χ3n) is 3.96. The fourth-order valence-corrected chi connectivity index (χ4v) is 2.78. The lowest BCUT2D eigenvalue weighted by molar-refractivity contribution is -0.137. The summed E-state index contributed by atoms with van der Waals surface area (Å²) < 4.78 is 10.7. The van der Waals surface area contributed by atoms with Gasteiger partial charge in [0, 0.05) is 13.1 Å². The second-order valence-corrected chi connectivity index (χ2v) is 5.61. The molecule has 1 saturated heterocycles. The van der Waals surface area contributed by atoms with E-state index in [9.17, 15) is 0 Å². The molecule has 2 fully saturated rings. The minimum atomic E-state index is 0.362. The van der Waals surface area contributed by atoms with E-state index < -0.39 is 0 Å². The predicted molar refractivity (Wildman–Crippen MR) is 64.4 cm³/mol. The summed E-state index contributed by atoms with van der Waals surface area (Å²) >= 11 is 0. The second kappa shape index (κ2) is 5.99. The van der Waals surface area contributed by atoms with Crippen LogP contribution in [0.1, 0.15) is 45.4 Å². The van der Waals surface area contributed by atoms with Crippen LogP contribution in [0.3, 0.4) is 0 Å². The molecular weight excluding hydrogens is 202 g/mol. The van der Waals surface area contributed by atoms with Crippen molar-refractivity contribution < 1.29 is 9.47 Å². The van der Waals surface area contributed by atoms with Gasteiger partial charge in [0.15, 0.2) is 0 Å². The van der Waals surface area contributed by atoms with Crippen molar-refractivity contribution in [2.45, 2.75) is 51.6 Å². The van der Waals surface area contributed by atoms with Crippen LogP contribution in [0.4, 0.5) is 0 Å². The van der Waals surface area contributed by atoms with Gasteiger partial charge in [-0.3, -0.25) is 0 Å². The first-order valence-electron chi connectivity index (χ1n) is 6.69. The molecule has 0 aromatic carbocycles. The molecule has 0 amide bonds. The molecule has 0 radical (unpaired) electrons. The molecule has 1 atom stereocenters. The van der Waals surface area contributed by atoms with Crippen LogP contribution < -0.4 is 5.32 Å². The Labute approximate surface area is 98.9 Å². The quantitative estimate of drug-likeness (QED) is 0.799. The molecule has 1 N–H and O–H groups in total. The molecule has 0 aromatic rings. The third-order valence-corrected chi connectivity index (χ3v) is 3.96. The topological polar surface area (TPSA) is 30.5 Å². The van der Waals surface area contributed by atoms with E-state index in [1.165, 1.54) is 32.1 Å². The summed E-state index contributed by atoms with van der Waals surface area (Å²) in [5, 5.41) is 3.58. The summed E-state index contributed by atoms with van der Waals surface area (Å²) in [6, 6.07) is 0. The number of rotatable bonds is 4. The highest BCUT2D eigenvalue weighted by Crippen LogP contribution is 2.34. The zero-order chi connectivity index (χ0) is 11.3. The first kappa shape index (κ1) is 12.3. The Morgan fingerprint density at radius 1 is 1.25 bits per heavy atom. The minimum absolute atomic E-state index is 0.362. The van der Waals surface area contributed by atoms with Gasteiger partial charge in [-0.05, 0) is 24.7 Å². The van der Waals surface area contributed by atoms with Gasteiger partial charge in [-0.1, -0.05) is 26.2 Å². The zero-order valence-corrected chi connectivity index (χ0v) is 10.5. The van der Waals surface area contributed by atoms with Crippen molar-refractivity contribution in [3.05, 3.63) is 0 Å². The van der Waals surface area contributed by atoms with Crippen LogP contribution in [0, 0.1) is 5.41 Å². The van der Waals surface area contributed by atoms with Gasteiger partial charge in [-0.25, -0.2) is 0 Å². The lowest BCUT2D eigenvalue weighted by Crippen LogP contribution is -2.39. The molecule has 0 bridgehead atoms. The average Bonchev–Trinajstić information content (AvgIpc) is 2.31. The van der Waals surface area contributed by atoms with Crippen molar-refractivity contribution in [1.29, 1.82) is 0 Å². The van der Waals surface area contributed by atoms with Crippen LogP contribution in [-0.2, 0) is 9.47 Å². The molecule has 1 unspecified atom stereocenters. The lowest BCUT2D eigenvalue weighted by atomic mass is 9.76. The molecule has 0 aromatic heterocycles. The summed E-state index contributed by atoms with van der Waals surface area (Å²) in [6.45, 7) is 5.88. The first-order valence-corrected chi connectivity index (χ1v) is 6.69. The fraction of sp³-hybridized carbons (Fsp3) is 1.00. The van der Waals surface area contributed by atoms with Gasteiger partial charge >= 0.3 is 0 Å². The normalized spacial score (nSPS) is 30.2. The highest BCUT2D eigenvalue weighted by Gasteiger charge is 2.26. The molecule has 2 rings (SSSR count). The highest BCUT2D eigenvalue weighted by atomic mass is 16.7. The summed E-state index contributed by atoms with van der Waals surface area (Å²) in [5.74, 6) is 0. The van der Waals surface area contributed by atoms with E-state index in [2.05, 4.69) is 12.2 Å². The summed E-state index contributed by atoms with van der Waals surface area (Å²) in [6.07, 6.45) is 8.41. The van der Waals surface area contributed by atoms with Crippen LogP contribution in [0.25, 0.3) is 0 Å². The smallest absolute Gasteiger partial charge is 0.147 e. The molecule has 3 nitrogen and oxygen atoms in total. The van der Waals surface area contributed by atoms with Gasteiger partial charge in [0.05, 0.1) is 12.7 Å². The summed E-state index contributed by atoms with van der Waals surface area (Å²) in [4.78, 5) is 0. The molecular formula is C13H25NO2. The molecule has 94 valence electrons. The Morgan fingerprint density at radius 2 is 2.06 bits per heavy atom. The molecule has 16 heavy (non-hydrogen) atoms. The summed E-state index contributed by atoms with van der Waals surface area (Å²) in [7, 11) is 0. The largest absolute Gasteiger partial charge is 0.355 e. The van der Waals surface area contributed by atoms with Crippen molar-refractivity contribution >= 4 is 0 Å². The van der Waals surface area contributed by atoms with Gasteiger partial charge < -0.3 is 14.8 Å². The van der Waals surface area contributed by atoms with Gasteiger partial charge in [0.25, 0.3) is 0 Å². The molecule has 1 heterocycles. The summed E-state index contributed by atoms with van der Waals surface area (Å²) in [5.41, 5.74) is 0.531. The van der Waals surface area contributed by atoms with Crippen LogP contribution >= 0.6 is 0 Å². The number of ether oxygens (including phenoxy) is 2. The monoisotopic (exact) mass is 227 g/mol. The molecule has 1 saturated carbocycles. The Bertz CT molecular complexity index is 196. The van der Waals surface area contributed by atoms with Gasteiger partial charge in [0.1, 0.15) is 6.79 Å². The van der Waals surface area contributed by atoms with Crippen LogP contribution in [0.5, 0.6) is 0 Å². The Hall–Kier alpha value is -0.120. The molecule has 1 aliphatic heterocycles. The minimum Gasteiger partial charge on any atom is -0.355 e. The maximum Gasteiger partial charge on any atom is 0.147 e. The Balaban J connectivity index is 1.62. The zero-order valence-electron chi connectivity index (χ0n) is 10.5. The lowest BCUT2D eigenvalue weighted by Gasteiger charge is -2.34. The average molecular weight is 227 g/mol. The van der Waals surface area contributed by atoms with Gasteiger partial charge in [-0.2, -0.15) is 0 Å². The van der Waals surface area contributed by atoms with Crippen LogP contribution in [0.15, 0.2) is 0 Å². The van der Waals surface area contributed by atoms with E-state index in [0.717, 1.165) is 26.1 Å². The SMILES string of the molecule is CC1(CNCC2CCOCO2)CCCCC1. The molecule has 0 spiro atoms. The van der Waals surface area contributed by atoms with Crippen molar-refractivity contribution in [1.82, 2.24) is 5.32 Å². The maximum atomic E-state index is 5.52. The standard InChI is InChI=1S/C13H25NO2/c1-13(6-3-2-4-7-13)10-14-9-12-5-8-15-11-16-12/h12,14H,2-11H2,1H3. The highest BCUT2D eigenvalue weighted by molar-refractivity contribution is 4.81. The van der Waals surface area contributed by atoms with Crippen molar-refractivity contribution in [3.8, 4) is 0 Å². The number of hydrogen-bond acceptors (Lipinski definition) is 3. The molecule has 1 aliphatic carbocycles. The molecule has 3 heteroatoms. The second-order valence-electron chi connectivity index (χ2n) is 5.61. The predicted octanol–water partition coefficient (Wildman–Crippen LogP) is 2.31. The van der Waals surface area contributed by atoms with Crippen LogP contribution in [0.2, 0.25) is 0 Å². The maximum absolute atomic E-state index is 5.52. The van der Waals surface area contributed by atoms with Crippen molar-refractivity contribution in [2.24, 2.45) is 5.41 Å². The van der Waals surface area contributed by atoms with E-state index in [1.54, 1.807) is 0 Å². The Morgan fingerprint density at radius 3 is 2.75 bits per heavy atom. The van der Waals surface area contributed by atoms with E-state index in [-0.39, 0.29) is 0 Å². The van der Waals surface area contributed by atoms with E-state index >= 15 is 0 Å². The number of hydrogen-bond donors (Lipinski definition) is 1. The van der Waals surface area contributed by atoms with E-state index in [1.807, 2.05) is 0 Å². The Kier molecular flexibility index (Phi) is 4.62. The number of nitrogens with one attached hydrogen (secondary N) is 1.